The van der Waals surface area contributed by atoms with Crippen LogP contribution in [-0.2, 0) is 16.9 Å². The monoisotopic (exact) mass is 669 g/mol. The normalized spacial score (nSPS) is 22.2. The number of carbonyl (C=O) groups excluding carboxylic acids is 3. The van der Waals surface area contributed by atoms with Crippen molar-refractivity contribution in [3.8, 4) is 0 Å². The van der Waals surface area contributed by atoms with Crippen molar-refractivity contribution >= 4 is 50.9 Å². The molecule has 0 aromatic heterocycles. The number of rotatable bonds is 7. The highest BCUT2D eigenvalue weighted by Gasteiger charge is 2.70. The van der Waals surface area contributed by atoms with Crippen molar-refractivity contribution in [2.45, 2.75) is 44.3 Å². The predicted molar refractivity (Wildman–Crippen MR) is 177 cm³/mol. The van der Waals surface area contributed by atoms with Gasteiger partial charge in [0.25, 0.3) is 5.91 Å². The second-order valence-electron chi connectivity index (χ2n) is 11.9. The molecule has 1 spiro atoms. The molecule has 0 bridgehead atoms. The summed E-state index contributed by atoms with van der Waals surface area (Å²) in [5, 5.41) is 6.72. The number of Topliss-reactive ketones (excluding diaryl/α,β-unsaturated/α-hetero) is 1. The zero-order valence-corrected chi connectivity index (χ0v) is 26.8. The summed E-state index contributed by atoms with van der Waals surface area (Å²) in [6.07, 6.45) is 0.572. The van der Waals surface area contributed by atoms with Crippen molar-refractivity contribution in [1.82, 2.24) is 10.2 Å². The third-order valence-corrected chi connectivity index (χ3v) is 9.48. The standard InChI is InChI=1S/C36H33BrClN3O3/c1-22(2)19-30-31(24-13-16-27(38)17-14-24)32(33(42)25-11-7-4-8-12-25)36(28-20-26(37)15-18-29(28)40-34(36)43)41(30)35(44)39-21-23-9-5-3-6-10-23/h3-18,20,22,30-32H,19,21H2,1-2H3,(H,39,44)(H,40,43). The lowest BCUT2D eigenvalue weighted by Crippen LogP contribution is -2.58. The Balaban J connectivity index is 1.62. The molecule has 4 unspecified atom stereocenters. The van der Waals surface area contributed by atoms with Gasteiger partial charge in [0.05, 0.1) is 5.92 Å². The van der Waals surface area contributed by atoms with Gasteiger partial charge in [0.2, 0.25) is 0 Å². The number of hydrogen-bond acceptors (Lipinski definition) is 3. The van der Waals surface area contributed by atoms with E-state index in [9.17, 15) is 14.4 Å². The first kappa shape index (κ1) is 30.1. The molecule has 6 nitrogen and oxygen atoms in total. The average Bonchev–Trinajstić information content (AvgIpc) is 3.47. The molecule has 4 atom stereocenters. The maximum absolute atomic E-state index is 14.9. The third kappa shape index (κ3) is 5.22. The number of halogens is 2. The van der Waals surface area contributed by atoms with Crippen LogP contribution in [0.2, 0.25) is 5.02 Å². The van der Waals surface area contributed by atoms with Gasteiger partial charge in [-0.3, -0.25) is 9.59 Å². The van der Waals surface area contributed by atoms with Gasteiger partial charge in [-0.2, -0.15) is 0 Å². The highest BCUT2D eigenvalue weighted by atomic mass is 79.9. The molecule has 2 N–H and O–H groups in total. The lowest BCUT2D eigenvalue weighted by atomic mass is 9.69. The van der Waals surface area contributed by atoms with Crippen molar-refractivity contribution in [1.29, 1.82) is 0 Å². The Morgan fingerprint density at radius 3 is 2.27 bits per heavy atom. The summed E-state index contributed by atoms with van der Waals surface area (Å²) >= 11 is 9.93. The number of benzene rings is 4. The number of ketones is 1. The minimum atomic E-state index is -1.61. The van der Waals surface area contributed by atoms with Gasteiger partial charge in [0.15, 0.2) is 11.3 Å². The van der Waals surface area contributed by atoms with Gasteiger partial charge in [-0.1, -0.05) is 114 Å². The van der Waals surface area contributed by atoms with Crippen LogP contribution >= 0.6 is 27.5 Å². The van der Waals surface area contributed by atoms with Crippen molar-refractivity contribution < 1.29 is 14.4 Å². The first-order valence-corrected chi connectivity index (χ1v) is 16.0. The Kier molecular flexibility index (Phi) is 8.36. The van der Waals surface area contributed by atoms with E-state index in [1.54, 1.807) is 29.2 Å². The molecule has 4 aromatic carbocycles. The summed E-state index contributed by atoms with van der Waals surface area (Å²) < 4.78 is 0.748. The topological polar surface area (TPSA) is 78.5 Å². The Morgan fingerprint density at radius 1 is 0.955 bits per heavy atom. The largest absolute Gasteiger partial charge is 0.334 e. The van der Waals surface area contributed by atoms with Gasteiger partial charge in [-0.15, -0.1) is 0 Å². The van der Waals surface area contributed by atoms with Crippen LogP contribution in [0, 0.1) is 11.8 Å². The first-order valence-electron chi connectivity index (χ1n) is 14.8. The number of anilines is 1. The molecule has 2 heterocycles. The number of likely N-dealkylation sites (tertiary alicyclic amines) is 1. The van der Waals surface area contributed by atoms with Gasteiger partial charge in [-0.05, 0) is 53.8 Å². The maximum Gasteiger partial charge on any atom is 0.319 e. The molecular weight excluding hydrogens is 638 g/mol. The highest BCUT2D eigenvalue weighted by molar-refractivity contribution is 9.10. The zero-order valence-electron chi connectivity index (χ0n) is 24.5. The SMILES string of the molecule is CC(C)CC1C(c2ccc(Cl)cc2)C(C(=O)c2ccccc2)C2(C(=O)Nc3ccc(Br)cc32)N1C(=O)NCc1ccccc1. The highest BCUT2D eigenvalue weighted by Crippen LogP contribution is 2.60. The fourth-order valence-corrected chi connectivity index (χ4v) is 7.51. The summed E-state index contributed by atoms with van der Waals surface area (Å²) in [4.78, 5) is 45.9. The van der Waals surface area contributed by atoms with Crippen molar-refractivity contribution in [2.75, 3.05) is 5.32 Å². The van der Waals surface area contributed by atoms with E-state index in [4.69, 9.17) is 11.6 Å². The average molecular weight is 671 g/mol. The van der Waals surface area contributed by atoms with E-state index in [1.165, 1.54) is 0 Å². The molecule has 3 amide bonds. The molecule has 44 heavy (non-hydrogen) atoms. The molecule has 4 aromatic rings. The van der Waals surface area contributed by atoms with Gasteiger partial charge in [0, 0.05) is 44.8 Å². The van der Waals surface area contributed by atoms with E-state index in [0.29, 0.717) is 28.3 Å². The number of hydrogen-bond donors (Lipinski definition) is 2. The van der Waals surface area contributed by atoms with Crippen molar-refractivity contribution in [3.05, 3.63) is 135 Å². The second-order valence-corrected chi connectivity index (χ2v) is 13.3. The number of fused-ring (bicyclic) bond motifs is 2. The van der Waals surface area contributed by atoms with Gasteiger partial charge in [0.1, 0.15) is 0 Å². The number of nitrogens with zero attached hydrogens (tertiary/aromatic N) is 1. The molecular formula is C36H33BrClN3O3. The molecule has 0 aliphatic carbocycles. The fraction of sp³-hybridized carbons (Fsp3) is 0.250. The van der Waals surface area contributed by atoms with Crippen LogP contribution in [0.25, 0.3) is 0 Å². The molecule has 224 valence electrons. The van der Waals surface area contributed by atoms with Gasteiger partial charge in [-0.25, -0.2) is 4.79 Å². The van der Waals surface area contributed by atoms with E-state index in [-0.39, 0.29) is 24.2 Å². The molecule has 6 rings (SSSR count). The van der Waals surface area contributed by atoms with Crippen LogP contribution in [0.5, 0.6) is 0 Å². The number of urea groups is 1. The molecule has 2 aliphatic heterocycles. The van der Waals surface area contributed by atoms with E-state index in [2.05, 4.69) is 40.4 Å². The van der Waals surface area contributed by atoms with Crippen LogP contribution in [0.4, 0.5) is 10.5 Å². The third-order valence-electron chi connectivity index (χ3n) is 8.74. The quantitative estimate of drug-likeness (QED) is 0.195. The Hall–Kier alpha value is -3.94. The zero-order chi connectivity index (χ0) is 31.0. The van der Waals surface area contributed by atoms with Crippen molar-refractivity contribution in [2.24, 2.45) is 11.8 Å². The van der Waals surface area contributed by atoms with E-state index < -0.39 is 29.4 Å². The van der Waals surface area contributed by atoms with Crippen LogP contribution in [-0.4, -0.2) is 28.7 Å². The van der Waals surface area contributed by atoms with Gasteiger partial charge < -0.3 is 15.5 Å². The van der Waals surface area contributed by atoms with Crippen LogP contribution in [0.3, 0.4) is 0 Å². The molecule has 8 heteroatoms. The predicted octanol–water partition coefficient (Wildman–Crippen LogP) is 8.17. The Morgan fingerprint density at radius 2 is 1.61 bits per heavy atom. The van der Waals surface area contributed by atoms with Crippen molar-refractivity contribution in [3.63, 3.8) is 0 Å². The summed E-state index contributed by atoms with van der Waals surface area (Å²) in [5.74, 6) is -1.85. The van der Waals surface area contributed by atoms with E-state index in [1.807, 2.05) is 78.9 Å². The summed E-state index contributed by atoms with van der Waals surface area (Å²) in [7, 11) is 0. The van der Waals surface area contributed by atoms with Crippen LogP contribution < -0.4 is 10.6 Å². The number of carbonyl (C=O) groups is 3. The second kappa shape index (κ2) is 12.2. The van der Waals surface area contributed by atoms with Gasteiger partial charge >= 0.3 is 6.03 Å². The smallest absolute Gasteiger partial charge is 0.319 e. The molecule has 0 radical (unpaired) electrons. The number of nitrogens with one attached hydrogen (secondary N) is 2. The summed E-state index contributed by atoms with van der Waals surface area (Å²) in [5.41, 5.74) is 1.84. The molecule has 1 fully saturated rings. The minimum Gasteiger partial charge on any atom is -0.334 e. The lowest BCUT2D eigenvalue weighted by Gasteiger charge is -2.39. The minimum absolute atomic E-state index is 0.160. The summed E-state index contributed by atoms with van der Waals surface area (Å²) in [6, 6.07) is 30.8. The first-order chi connectivity index (χ1) is 21.2. The molecule has 0 saturated carbocycles. The summed E-state index contributed by atoms with van der Waals surface area (Å²) in [6.45, 7) is 4.46. The molecule has 1 saturated heterocycles. The maximum atomic E-state index is 14.9. The lowest BCUT2D eigenvalue weighted by molar-refractivity contribution is -0.126. The fourth-order valence-electron chi connectivity index (χ4n) is 7.02. The van der Waals surface area contributed by atoms with E-state index in [0.717, 1.165) is 15.6 Å². The Bertz CT molecular complexity index is 1700. The van der Waals surface area contributed by atoms with Crippen LogP contribution in [0.1, 0.15) is 53.2 Å². The van der Waals surface area contributed by atoms with E-state index >= 15 is 0 Å². The molecule has 2 aliphatic rings. The van der Waals surface area contributed by atoms with Crippen LogP contribution in [0.15, 0.2) is 108 Å². The number of amides is 3. The Labute approximate surface area is 270 Å².